The van der Waals surface area contributed by atoms with E-state index < -0.39 is 0 Å². The van der Waals surface area contributed by atoms with Crippen molar-refractivity contribution in [3.63, 3.8) is 0 Å². The second-order valence-electron chi connectivity index (χ2n) is 4.84. The number of hydrogen-bond acceptors (Lipinski definition) is 1. The number of hydrogen-bond donors (Lipinski definition) is 0. The van der Waals surface area contributed by atoms with Crippen LogP contribution in [0, 0.1) is 5.92 Å². The third-order valence-corrected chi connectivity index (χ3v) is 3.41. The van der Waals surface area contributed by atoms with Crippen LogP contribution in [0.25, 0.3) is 0 Å². The predicted molar refractivity (Wildman–Crippen MR) is 61.1 cm³/mol. The van der Waals surface area contributed by atoms with Crippen LogP contribution in [0.5, 0.6) is 0 Å². The third kappa shape index (κ3) is 4.12. The maximum Gasteiger partial charge on any atom is 0.0175 e. The molecular formula is C12H27N. The van der Waals surface area contributed by atoms with Crippen molar-refractivity contribution in [1.29, 1.82) is 0 Å². The van der Waals surface area contributed by atoms with E-state index in [1.54, 1.807) is 0 Å². The Morgan fingerprint density at radius 1 is 1.23 bits per heavy atom. The van der Waals surface area contributed by atoms with Gasteiger partial charge in [-0.05, 0) is 39.8 Å². The first kappa shape index (κ1) is 13.0. The molecule has 0 aliphatic rings. The van der Waals surface area contributed by atoms with Gasteiger partial charge in [0.15, 0.2) is 0 Å². The Kier molecular flexibility index (Phi) is 5.62. The van der Waals surface area contributed by atoms with Crippen molar-refractivity contribution in [3.05, 3.63) is 0 Å². The standard InChI is InChI=1S/C12H27N/c1-7-9-11(3)10-12(4,8-2)13(5)6/h11H,7-10H2,1-6H3. The van der Waals surface area contributed by atoms with E-state index in [9.17, 15) is 0 Å². The molecule has 0 aliphatic heterocycles. The van der Waals surface area contributed by atoms with E-state index >= 15 is 0 Å². The summed E-state index contributed by atoms with van der Waals surface area (Å²) in [4.78, 5) is 2.37. The highest BCUT2D eigenvalue weighted by Crippen LogP contribution is 2.27. The van der Waals surface area contributed by atoms with E-state index in [-0.39, 0.29) is 0 Å². The lowest BCUT2D eigenvalue weighted by Gasteiger charge is -2.38. The van der Waals surface area contributed by atoms with Gasteiger partial charge in [0.05, 0.1) is 0 Å². The Labute approximate surface area is 84.5 Å². The van der Waals surface area contributed by atoms with Crippen LogP contribution >= 0.6 is 0 Å². The van der Waals surface area contributed by atoms with Crippen LogP contribution in [0.2, 0.25) is 0 Å². The maximum atomic E-state index is 2.38. The van der Waals surface area contributed by atoms with Crippen molar-refractivity contribution in [2.75, 3.05) is 14.1 Å². The molecule has 0 bridgehead atoms. The van der Waals surface area contributed by atoms with Crippen molar-refractivity contribution in [2.24, 2.45) is 5.92 Å². The fraction of sp³-hybridized carbons (Fsp3) is 1.00. The van der Waals surface area contributed by atoms with E-state index in [1.165, 1.54) is 25.7 Å². The van der Waals surface area contributed by atoms with Gasteiger partial charge in [0.2, 0.25) is 0 Å². The Balaban J connectivity index is 4.10. The molecule has 0 aromatic rings. The molecule has 0 heterocycles. The summed E-state index contributed by atoms with van der Waals surface area (Å²) in [5.41, 5.74) is 0.397. The average molecular weight is 185 g/mol. The second kappa shape index (κ2) is 5.64. The van der Waals surface area contributed by atoms with Gasteiger partial charge < -0.3 is 4.90 Å². The summed E-state index contributed by atoms with van der Waals surface area (Å²) in [5.74, 6) is 0.859. The SMILES string of the molecule is CCCC(C)CC(C)(CC)N(C)C. The van der Waals surface area contributed by atoms with E-state index in [2.05, 4.69) is 46.7 Å². The van der Waals surface area contributed by atoms with Gasteiger partial charge in [-0.3, -0.25) is 0 Å². The molecule has 1 nitrogen and oxygen atoms in total. The molecule has 2 atom stereocenters. The highest BCUT2D eigenvalue weighted by Gasteiger charge is 2.26. The smallest absolute Gasteiger partial charge is 0.0175 e. The molecule has 0 spiro atoms. The number of rotatable bonds is 6. The van der Waals surface area contributed by atoms with Gasteiger partial charge in [-0.2, -0.15) is 0 Å². The van der Waals surface area contributed by atoms with Crippen LogP contribution in [-0.2, 0) is 0 Å². The first-order chi connectivity index (χ1) is 5.96. The normalized spacial score (nSPS) is 18.7. The molecule has 0 rings (SSSR count). The van der Waals surface area contributed by atoms with Crippen LogP contribution in [0.3, 0.4) is 0 Å². The minimum absolute atomic E-state index is 0.397. The molecule has 0 saturated carbocycles. The minimum atomic E-state index is 0.397. The van der Waals surface area contributed by atoms with Crippen LogP contribution in [0.4, 0.5) is 0 Å². The summed E-state index contributed by atoms with van der Waals surface area (Å²) >= 11 is 0. The first-order valence-electron chi connectivity index (χ1n) is 5.63. The van der Waals surface area contributed by atoms with E-state index in [0.717, 1.165) is 5.92 Å². The molecule has 2 unspecified atom stereocenters. The van der Waals surface area contributed by atoms with E-state index in [0.29, 0.717) is 5.54 Å². The van der Waals surface area contributed by atoms with Crippen LogP contribution in [0.15, 0.2) is 0 Å². The van der Waals surface area contributed by atoms with Crippen LogP contribution < -0.4 is 0 Å². The predicted octanol–water partition coefficient (Wildman–Crippen LogP) is 3.54. The molecule has 0 fully saturated rings. The fourth-order valence-corrected chi connectivity index (χ4v) is 1.99. The highest BCUT2D eigenvalue weighted by molar-refractivity contribution is 4.82. The Bertz CT molecular complexity index is 131. The number of nitrogens with zero attached hydrogens (tertiary/aromatic N) is 1. The second-order valence-corrected chi connectivity index (χ2v) is 4.84. The summed E-state index contributed by atoms with van der Waals surface area (Å²) in [7, 11) is 4.39. The third-order valence-electron chi connectivity index (χ3n) is 3.41. The summed E-state index contributed by atoms with van der Waals surface area (Å²) in [6.07, 6.45) is 5.25. The van der Waals surface area contributed by atoms with Gasteiger partial charge in [0.1, 0.15) is 0 Å². The lowest BCUT2D eigenvalue weighted by molar-refractivity contribution is 0.130. The molecular weight excluding hydrogens is 158 g/mol. The molecule has 80 valence electrons. The maximum absolute atomic E-state index is 2.38. The molecule has 0 saturated heterocycles. The highest BCUT2D eigenvalue weighted by atomic mass is 15.1. The van der Waals surface area contributed by atoms with Gasteiger partial charge in [0.25, 0.3) is 0 Å². The Morgan fingerprint density at radius 2 is 1.77 bits per heavy atom. The molecule has 0 aromatic carbocycles. The summed E-state index contributed by atoms with van der Waals surface area (Å²) in [6, 6.07) is 0. The van der Waals surface area contributed by atoms with Crippen molar-refractivity contribution >= 4 is 0 Å². The van der Waals surface area contributed by atoms with Gasteiger partial charge in [-0.25, -0.2) is 0 Å². The van der Waals surface area contributed by atoms with Gasteiger partial charge >= 0.3 is 0 Å². The van der Waals surface area contributed by atoms with Gasteiger partial charge in [-0.1, -0.05) is 33.6 Å². The zero-order chi connectivity index (χ0) is 10.5. The largest absolute Gasteiger partial charge is 0.304 e. The lowest BCUT2D eigenvalue weighted by atomic mass is 9.85. The Morgan fingerprint density at radius 3 is 2.08 bits per heavy atom. The topological polar surface area (TPSA) is 3.24 Å². The lowest BCUT2D eigenvalue weighted by Crippen LogP contribution is -2.42. The first-order valence-corrected chi connectivity index (χ1v) is 5.63. The average Bonchev–Trinajstić information content (AvgIpc) is 2.04. The van der Waals surface area contributed by atoms with Crippen molar-refractivity contribution < 1.29 is 0 Å². The summed E-state index contributed by atoms with van der Waals surface area (Å²) in [5, 5.41) is 0. The quantitative estimate of drug-likeness (QED) is 0.612. The Hall–Kier alpha value is -0.0400. The fourth-order valence-electron chi connectivity index (χ4n) is 1.99. The zero-order valence-electron chi connectivity index (χ0n) is 10.4. The van der Waals surface area contributed by atoms with Crippen molar-refractivity contribution in [2.45, 2.75) is 58.9 Å². The monoisotopic (exact) mass is 185 g/mol. The minimum Gasteiger partial charge on any atom is -0.304 e. The van der Waals surface area contributed by atoms with Crippen LogP contribution in [-0.4, -0.2) is 24.5 Å². The molecule has 0 aliphatic carbocycles. The molecule has 13 heavy (non-hydrogen) atoms. The van der Waals surface area contributed by atoms with Gasteiger partial charge in [-0.15, -0.1) is 0 Å². The summed E-state index contributed by atoms with van der Waals surface area (Å²) in [6.45, 7) is 9.31. The van der Waals surface area contributed by atoms with Crippen molar-refractivity contribution in [1.82, 2.24) is 4.90 Å². The van der Waals surface area contributed by atoms with E-state index in [1.807, 2.05) is 0 Å². The molecule has 0 radical (unpaired) electrons. The summed E-state index contributed by atoms with van der Waals surface area (Å²) < 4.78 is 0. The zero-order valence-corrected chi connectivity index (χ0v) is 10.4. The molecule has 0 amide bonds. The molecule has 0 N–H and O–H groups in total. The molecule has 1 heteroatoms. The molecule has 0 aromatic heterocycles. The van der Waals surface area contributed by atoms with E-state index in [4.69, 9.17) is 0 Å². The van der Waals surface area contributed by atoms with Crippen molar-refractivity contribution in [3.8, 4) is 0 Å². The van der Waals surface area contributed by atoms with Crippen LogP contribution in [0.1, 0.15) is 53.4 Å². The van der Waals surface area contributed by atoms with Gasteiger partial charge in [0, 0.05) is 5.54 Å².